The highest BCUT2D eigenvalue weighted by molar-refractivity contribution is 9.10. The summed E-state index contributed by atoms with van der Waals surface area (Å²) in [5.41, 5.74) is 1.29. The highest BCUT2D eigenvalue weighted by atomic mass is 79.9. The van der Waals surface area contributed by atoms with Gasteiger partial charge >= 0.3 is 5.97 Å². The largest absolute Gasteiger partial charge is 0.426 e. The maximum Gasteiger partial charge on any atom is 0.308 e. The van der Waals surface area contributed by atoms with Crippen molar-refractivity contribution in [2.24, 2.45) is 0 Å². The third-order valence-corrected chi connectivity index (χ3v) is 2.67. The van der Waals surface area contributed by atoms with E-state index in [0.717, 1.165) is 4.47 Å². The monoisotopic (exact) mass is 270 g/mol. The molecule has 0 aliphatic heterocycles. The molecule has 0 heterocycles. The Balaban J connectivity index is 3.03. The van der Waals surface area contributed by atoms with E-state index in [1.54, 1.807) is 0 Å². The second-order valence-corrected chi connectivity index (χ2v) is 5.34. The van der Waals surface area contributed by atoms with Crippen LogP contribution in [0, 0.1) is 0 Å². The van der Waals surface area contributed by atoms with Crippen molar-refractivity contribution < 1.29 is 9.53 Å². The van der Waals surface area contributed by atoms with Crippen molar-refractivity contribution in [3.63, 3.8) is 0 Å². The number of benzene rings is 1. The number of hydrogen-bond acceptors (Lipinski definition) is 2. The van der Waals surface area contributed by atoms with Crippen molar-refractivity contribution in [3.8, 4) is 5.75 Å². The Hall–Kier alpha value is -0.830. The summed E-state index contributed by atoms with van der Waals surface area (Å²) in [4.78, 5) is 10.8. The van der Waals surface area contributed by atoms with Crippen LogP contribution in [0.25, 0.3) is 0 Å². The van der Waals surface area contributed by atoms with Crippen LogP contribution in [0.1, 0.15) is 33.3 Å². The van der Waals surface area contributed by atoms with Gasteiger partial charge in [0.05, 0.1) is 4.47 Å². The van der Waals surface area contributed by atoms with Gasteiger partial charge < -0.3 is 4.74 Å². The first-order chi connectivity index (χ1) is 6.80. The second kappa shape index (κ2) is 4.35. The normalized spacial score (nSPS) is 11.3. The average Bonchev–Trinajstić information content (AvgIpc) is 2.05. The van der Waals surface area contributed by atoms with Gasteiger partial charge in [-0.05, 0) is 39.0 Å². The molecule has 0 radical (unpaired) electrons. The zero-order valence-corrected chi connectivity index (χ0v) is 11.0. The van der Waals surface area contributed by atoms with Crippen LogP contribution in [0.15, 0.2) is 22.7 Å². The number of carbonyl (C=O) groups excluding carboxylic acids is 1. The zero-order valence-electron chi connectivity index (χ0n) is 9.43. The number of halogens is 1. The van der Waals surface area contributed by atoms with Gasteiger partial charge in [0.2, 0.25) is 0 Å². The van der Waals surface area contributed by atoms with Gasteiger partial charge in [-0.3, -0.25) is 4.79 Å². The Morgan fingerprint density at radius 3 is 2.33 bits per heavy atom. The predicted molar refractivity (Wildman–Crippen MR) is 64.2 cm³/mol. The molecular formula is C12H15BrO2. The van der Waals surface area contributed by atoms with E-state index in [-0.39, 0.29) is 11.4 Å². The molecule has 0 N–H and O–H groups in total. The number of hydrogen-bond donors (Lipinski definition) is 0. The van der Waals surface area contributed by atoms with Gasteiger partial charge in [-0.25, -0.2) is 0 Å². The van der Waals surface area contributed by atoms with Crippen LogP contribution in [-0.2, 0) is 10.2 Å². The van der Waals surface area contributed by atoms with E-state index in [2.05, 4.69) is 36.7 Å². The summed E-state index contributed by atoms with van der Waals surface area (Å²) in [6.45, 7) is 7.81. The highest BCUT2D eigenvalue weighted by Crippen LogP contribution is 2.31. The van der Waals surface area contributed by atoms with Crippen LogP contribution in [0.3, 0.4) is 0 Å². The molecule has 0 aromatic heterocycles. The number of rotatable bonds is 1. The molecule has 1 rings (SSSR count). The number of esters is 1. The first kappa shape index (κ1) is 12.2. The molecule has 0 saturated heterocycles. The van der Waals surface area contributed by atoms with Gasteiger partial charge in [0.1, 0.15) is 5.75 Å². The molecule has 0 amide bonds. The summed E-state index contributed by atoms with van der Waals surface area (Å²) in [6.07, 6.45) is 0. The quantitative estimate of drug-likeness (QED) is 0.575. The van der Waals surface area contributed by atoms with E-state index in [0.29, 0.717) is 5.75 Å². The molecule has 0 saturated carbocycles. The van der Waals surface area contributed by atoms with E-state index in [1.165, 1.54) is 12.5 Å². The molecule has 0 bridgehead atoms. The molecule has 0 fully saturated rings. The number of ether oxygens (including phenoxy) is 1. The van der Waals surface area contributed by atoms with Crippen LogP contribution in [0.2, 0.25) is 0 Å². The van der Waals surface area contributed by atoms with Gasteiger partial charge in [-0.15, -0.1) is 0 Å². The van der Waals surface area contributed by atoms with Gasteiger partial charge in [0, 0.05) is 6.92 Å². The minimum Gasteiger partial charge on any atom is -0.426 e. The number of carbonyl (C=O) groups is 1. The fraction of sp³-hybridized carbons (Fsp3) is 0.417. The summed E-state index contributed by atoms with van der Waals surface area (Å²) < 4.78 is 5.84. The van der Waals surface area contributed by atoms with Gasteiger partial charge in [0.15, 0.2) is 0 Å². The van der Waals surface area contributed by atoms with Crippen LogP contribution in [0.5, 0.6) is 5.75 Å². The van der Waals surface area contributed by atoms with Crippen molar-refractivity contribution in [1.29, 1.82) is 0 Å². The summed E-state index contributed by atoms with van der Waals surface area (Å²) in [6, 6.07) is 5.77. The Kier molecular flexibility index (Phi) is 3.55. The molecule has 0 spiro atoms. The first-order valence-electron chi connectivity index (χ1n) is 4.79. The standard InChI is InChI=1S/C12H15BrO2/c1-8(14)15-11-6-5-9(7-10(11)13)12(2,3)4/h5-7H,1-4H3. The lowest BCUT2D eigenvalue weighted by molar-refractivity contribution is -0.131. The van der Waals surface area contributed by atoms with Crippen molar-refractivity contribution in [2.75, 3.05) is 0 Å². The molecule has 1 aromatic carbocycles. The molecule has 15 heavy (non-hydrogen) atoms. The van der Waals surface area contributed by atoms with Gasteiger partial charge in [-0.2, -0.15) is 0 Å². The molecule has 0 atom stereocenters. The second-order valence-electron chi connectivity index (χ2n) is 4.49. The molecular weight excluding hydrogens is 256 g/mol. The Morgan fingerprint density at radius 2 is 1.93 bits per heavy atom. The topological polar surface area (TPSA) is 26.3 Å². The third kappa shape index (κ3) is 3.34. The Labute approximate surface area is 98.8 Å². The van der Waals surface area contributed by atoms with E-state index in [1.807, 2.05) is 18.2 Å². The molecule has 0 aliphatic rings. The summed E-state index contributed by atoms with van der Waals surface area (Å²) >= 11 is 3.39. The van der Waals surface area contributed by atoms with Crippen molar-refractivity contribution in [2.45, 2.75) is 33.1 Å². The van der Waals surface area contributed by atoms with Crippen LogP contribution in [-0.4, -0.2) is 5.97 Å². The molecule has 82 valence electrons. The van der Waals surface area contributed by atoms with Crippen LogP contribution in [0.4, 0.5) is 0 Å². The van der Waals surface area contributed by atoms with Crippen molar-refractivity contribution >= 4 is 21.9 Å². The SMILES string of the molecule is CC(=O)Oc1ccc(C(C)(C)C)cc1Br. The van der Waals surface area contributed by atoms with E-state index in [4.69, 9.17) is 4.74 Å². The summed E-state index contributed by atoms with van der Waals surface area (Å²) in [7, 11) is 0. The predicted octanol–water partition coefficient (Wildman–Crippen LogP) is 3.67. The Morgan fingerprint density at radius 1 is 1.33 bits per heavy atom. The van der Waals surface area contributed by atoms with Crippen molar-refractivity contribution in [3.05, 3.63) is 28.2 Å². The van der Waals surface area contributed by atoms with Crippen molar-refractivity contribution in [1.82, 2.24) is 0 Å². The Bertz CT molecular complexity index is 378. The van der Waals surface area contributed by atoms with Crippen LogP contribution < -0.4 is 4.74 Å². The molecule has 1 aromatic rings. The average molecular weight is 271 g/mol. The minimum atomic E-state index is -0.306. The first-order valence-corrected chi connectivity index (χ1v) is 5.58. The summed E-state index contributed by atoms with van der Waals surface area (Å²) in [5.74, 6) is 0.259. The summed E-state index contributed by atoms with van der Waals surface area (Å²) in [5, 5.41) is 0. The lowest BCUT2D eigenvalue weighted by Gasteiger charge is -2.19. The zero-order chi connectivity index (χ0) is 11.6. The van der Waals surface area contributed by atoms with Crippen LogP contribution >= 0.6 is 15.9 Å². The lowest BCUT2D eigenvalue weighted by atomic mass is 9.87. The molecule has 0 aliphatic carbocycles. The van der Waals surface area contributed by atoms with E-state index >= 15 is 0 Å². The fourth-order valence-electron chi connectivity index (χ4n) is 1.20. The minimum absolute atomic E-state index is 0.0945. The molecule has 2 nitrogen and oxygen atoms in total. The maximum atomic E-state index is 10.8. The van der Waals surface area contributed by atoms with Gasteiger partial charge in [-0.1, -0.05) is 26.8 Å². The smallest absolute Gasteiger partial charge is 0.308 e. The lowest BCUT2D eigenvalue weighted by Crippen LogP contribution is -2.11. The third-order valence-electron chi connectivity index (χ3n) is 2.05. The fourth-order valence-corrected chi connectivity index (χ4v) is 1.66. The highest BCUT2D eigenvalue weighted by Gasteiger charge is 2.15. The van der Waals surface area contributed by atoms with Gasteiger partial charge in [0.25, 0.3) is 0 Å². The molecule has 0 unspecified atom stereocenters. The molecule has 3 heteroatoms. The van der Waals surface area contributed by atoms with E-state index < -0.39 is 0 Å². The van der Waals surface area contributed by atoms with E-state index in [9.17, 15) is 4.79 Å². The maximum absolute atomic E-state index is 10.8.